The summed E-state index contributed by atoms with van der Waals surface area (Å²) in [7, 11) is 0. The number of fused-ring (bicyclic) bond motifs is 4. The van der Waals surface area contributed by atoms with E-state index in [-0.39, 0.29) is 57.6 Å². The van der Waals surface area contributed by atoms with Crippen LogP contribution in [0.15, 0.2) is 23.3 Å². The summed E-state index contributed by atoms with van der Waals surface area (Å²) in [5.74, 6) is 0.313. The van der Waals surface area contributed by atoms with Gasteiger partial charge < -0.3 is 4.74 Å². The smallest absolute Gasteiger partial charge is 0.319 e. The lowest BCUT2D eigenvalue weighted by atomic mass is 9.70. The fourth-order valence-electron chi connectivity index (χ4n) is 7.83. The SMILES string of the molecule is CCCC(/C=C1\C(=O)C2(C)CCC1C2(C)C)(/C=C1\C(=O)C2(C)CCC1C2(C)C)C(=O)OCC. The maximum Gasteiger partial charge on any atom is 0.319 e. The Kier molecular flexibility index (Phi) is 5.47. The van der Waals surface area contributed by atoms with Crippen LogP contribution in [0.2, 0.25) is 0 Å². The second-order valence-electron chi connectivity index (χ2n) is 12.7. The first-order valence-electron chi connectivity index (χ1n) is 13.0. The van der Waals surface area contributed by atoms with Crippen molar-refractivity contribution < 1.29 is 19.1 Å². The van der Waals surface area contributed by atoms with Crippen molar-refractivity contribution >= 4 is 17.5 Å². The van der Waals surface area contributed by atoms with Gasteiger partial charge in [0, 0.05) is 10.8 Å². The van der Waals surface area contributed by atoms with Crippen LogP contribution in [0.4, 0.5) is 0 Å². The van der Waals surface area contributed by atoms with Crippen LogP contribution in [0.5, 0.6) is 0 Å². The number of carbonyl (C=O) groups excluding carboxylic acids is 3. The van der Waals surface area contributed by atoms with Crippen molar-refractivity contribution in [3.05, 3.63) is 23.3 Å². The summed E-state index contributed by atoms with van der Waals surface area (Å²) in [6, 6.07) is 0. The van der Waals surface area contributed by atoms with E-state index in [0.717, 1.165) is 43.3 Å². The van der Waals surface area contributed by atoms with Gasteiger partial charge in [0.1, 0.15) is 5.41 Å². The number of carbonyl (C=O) groups is 3. The van der Waals surface area contributed by atoms with Crippen molar-refractivity contribution in [3.8, 4) is 0 Å². The summed E-state index contributed by atoms with van der Waals surface area (Å²) in [6.07, 6.45) is 8.90. The lowest BCUT2D eigenvalue weighted by molar-refractivity contribution is -0.150. The van der Waals surface area contributed by atoms with Gasteiger partial charge in [-0.15, -0.1) is 0 Å². The van der Waals surface area contributed by atoms with Gasteiger partial charge in [-0.25, -0.2) is 0 Å². The molecule has 4 heteroatoms. The molecule has 4 nitrogen and oxygen atoms in total. The van der Waals surface area contributed by atoms with Gasteiger partial charge >= 0.3 is 5.97 Å². The third-order valence-corrected chi connectivity index (χ3v) is 10.9. The van der Waals surface area contributed by atoms with Crippen molar-refractivity contribution in [2.45, 2.75) is 93.9 Å². The molecular weight excluding hydrogens is 412 g/mol. The summed E-state index contributed by atoms with van der Waals surface area (Å²) >= 11 is 0. The zero-order valence-electron chi connectivity index (χ0n) is 21.9. The van der Waals surface area contributed by atoms with Crippen LogP contribution in [-0.2, 0) is 19.1 Å². The van der Waals surface area contributed by atoms with Gasteiger partial charge in [0.25, 0.3) is 0 Å². The molecule has 4 atom stereocenters. The highest BCUT2D eigenvalue weighted by Gasteiger charge is 2.66. The Labute approximate surface area is 199 Å². The Hall–Kier alpha value is -1.71. The largest absolute Gasteiger partial charge is 0.465 e. The monoisotopic (exact) mass is 454 g/mol. The molecule has 0 radical (unpaired) electrons. The lowest BCUT2D eigenvalue weighted by Crippen LogP contribution is -2.34. The molecule has 4 saturated carbocycles. The Morgan fingerprint density at radius 1 is 0.879 bits per heavy atom. The molecule has 0 heterocycles. The van der Waals surface area contributed by atoms with Gasteiger partial charge in [0.2, 0.25) is 0 Å². The van der Waals surface area contributed by atoms with Crippen molar-refractivity contribution in [1.82, 2.24) is 0 Å². The van der Waals surface area contributed by atoms with Gasteiger partial charge in [0.05, 0.1) is 6.61 Å². The highest BCUT2D eigenvalue weighted by Crippen LogP contribution is 2.67. The van der Waals surface area contributed by atoms with Crippen LogP contribution in [0.3, 0.4) is 0 Å². The number of allylic oxidation sites excluding steroid dienone is 2. The van der Waals surface area contributed by atoms with Crippen LogP contribution in [0, 0.1) is 38.9 Å². The average molecular weight is 455 g/mol. The maximum atomic E-state index is 13.6. The fraction of sp³-hybridized carbons (Fsp3) is 0.759. The van der Waals surface area contributed by atoms with Crippen LogP contribution in [-0.4, -0.2) is 24.1 Å². The number of Topliss-reactive ketones (excluding diaryl/α,β-unsaturated/α-hetero) is 2. The first-order valence-corrected chi connectivity index (χ1v) is 13.0. The molecule has 0 aliphatic heterocycles. The van der Waals surface area contributed by atoms with Crippen LogP contribution >= 0.6 is 0 Å². The van der Waals surface area contributed by atoms with Crippen molar-refractivity contribution in [1.29, 1.82) is 0 Å². The van der Waals surface area contributed by atoms with Crippen LogP contribution < -0.4 is 0 Å². The number of ether oxygens (including phenoxy) is 1. The molecule has 0 aromatic heterocycles. The molecule has 33 heavy (non-hydrogen) atoms. The second kappa shape index (κ2) is 7.39. The zero-order valence-corrected chi connectivity index (χ0v) is 21.9. The summed E-state index contributed by atoms with van der Waals surface area (Å²) in [5, 5.41) is 0. The topological polar surface area (TPSA) is 60.4 Å². The van der Waals surface area contributed by atoms with Gasteiger partial charge in [-0.3, -0.25) is 14.4 Å². The molecule has 0 aromatic carbocycles. The molecule has 0 amide bonds. The predicted molar refractivity (Wildman–Crippen MR) is 129 cm³/mol. The second-order valence-corrected chi connectivity index (χ2v) is 12.7. The van der Waals surface area contributed by atoms with E-state index in [2.05, 4.69) is 41.5 Å². The minimum Gasteiger partial charge on any atom is -0.465 e. The van der Waals surface area contributed by atoms with Gasteiger partial charge in [-0.2, -0.15) is 0 Å². The molecule has 4 bridgehead atoms. The molecule has 0 N–H and O–H groups in total. The van der Waals surface area contributed by atoms with Crippen LogP contribution in [0.25, 0.3) is 0 Å². The number of hydrogen-bond donors (Lipinski definition) is 0. The minimum atomic E-state index is -1.07. The molecule has 0 aromatic rings. The van der Waals surface area contributed by atoms with E-state index in [9.17, 15) is 14.4 Å². The summed E-state index contributed by atoms with van der Waals surface area (Å²) in [5.41, 5.74) is -0.543. The number of esters is 1. The molecule has 182 valence electrons. The molecular formula is C29H42O4. The first-order chi connectivity index (χ1) is 15.2. The highest BCUT2D eigenvalue weighted by molar-refractivity contribution is 6.07. The Morgan fingerprint density at radius 2 is 1.30 bits per heavy atom. The first kappa shape index (κ1) is 24.4. The molecule has 4 rings (SSSR count). The number of hydrogen-bond acceptors (Lipinski definition) is 4. The molecule has 0 spiro atoms. The summed E-state index contributed by atoms with van der Waals surface area (Å²) in [4.78, 5) is 40.9. The Bertz CT molecular complexity index is 900. The quantitative estimate of drug-likeness (QED) is 0.352. The molecule has 4 unspecified atom stereocenters. The van der Waals surface area contributed by atoms with E-state index < -0.39 is 5.41 Å². The third-order valence-electron chi connectivity index (χ3n) is 10.9. The van der Waals surface area contributed by atoms with Gasteiger partial charge in [-0.1, -0.05) is 67.0 Å². The van der Waals surface area contributed by atoms with Crippen molar-refractivity contribution in [2.75, 3.05) is 6.61 Å². The summed E-state index contributed by atoms with van der Waals surface area (Å²) in [6.45, 7) is 17.1. The average Bonchev–Trinajstić information content (AvgIpc) is 3.21. The maximum absolute atomic E-state index is 13.6. The fourth-order valence-corrected chi connectivity index (χ4v) is 7.83. The van der Waals surface area contributed by atoms with Crippen LogP contribution in [0.1, 0.15) is 93.9 Å². The molecule has 4 aliphatic rings. The zero-order chi connectivity index (χ0) is 24.6. The summed E-state index contributed by atoms with van der Waals surface area (Å²) < 4.78 is 5.61. The molecule has 4 fully saturated rings. The predicted octanol–water partition coefficient (Wildman–Crippen LogP) is 6.24. The highest BCUT2D eigenvalue weighted by atomic mass is 16.5. The Morgan fingerprint density at radius 3 is 1.61 bits per heavy atom. The minimum absolute atomic E-state index is 0.132. The van der Waals surface area contributed by atoms with Crippen molar-refractivity contribution in [2.24, 2.45) is 38.9 Å². The van der Waals surface area contributed by atoms with Gasteiger partial charge in [-0.05, 0) is 72.8 Å². The standard InChI is InChI=1S/C29H42O4/c1-9-13-29(24(32)33-10-2,16-18-20-11-14-27(7,22(18)30)25(20,3)4)17-19-21-12-15-28(8,23(19)31)26(21,5)6/h16-17,20-21H,9-15H2,1-8H3/b18-16-,19-17-. The molecule has 4 aliphatic carbocycles. The number of ketones is 2. The number of rotatable bonds is 6. The van der Waals surface area contributed by atoms with Crippen molar-refractivity contribution in [3.63, 3.8) is 0 Å². The molecule has 0 saturated heterocycles. The lowest BCUT2D eigenvalue weighted by Gasteiger charge is -2.31. The van der Waals surface area contributed by atoms with Gasteiger partial charge in [0.15, 0.2) is 11.6 Å². The third kappa shape index (κ3) is 2.91. The normalized spacial score (nSPS) is 40.1. The van der Waals surface area contributed by atoms with E-state index in [4.69, 9.17) is 4.74 Å². The van der Waals surface area contributed by atoms with E-state index in [0.29, 0.717) is 6.42 Å². The van der Waals surface area contributed by atoms with E-state index >= 15 is 0 Å². The van der Waals surface area contributed by atoms with E-state index in [1.807, 2.05) is 26.0 Å². The van der Waals surface area contributed by atoms with E-state index in [1.54, 1.807) is 0 Å². The Balaban J connectivity index is 1.90. The van der Waals surface area contributed by atoms with E-state index in [1.165, 1.54) is 0 Å².